The highest BCUT2D eigenvalue weighted by Crippen LogP contribution is 2.34. The van der Waals surface area contributed by atoms with E-state index in [1.54, 1.807) is 24.3 Å². The molecule has 38 heavy (non-hydrogen) atoms. The topological polar surface area (TPSA) is 46.5 Å². The third-order valence-electron chi connectivity index (χ3n) is 6.70. The zero-order chi connectivity index (χ0) is 25.8. The van der Waals surface area contributed by atoms with Crippen molar-refractivity contribution in [2.24, 2.45) is 7.05 Å². The fourth-order valence-corrected chi connectivity index (χ4v) is 4.89. The predicted molar refractivity (Wildman–Crippen MR) is 149 cm³/mol. The number of nitrogens with one attached hydrogen (secondary N) is 1. The van der Waals surface area contributed by atoms with Gasteiger partial charge in [0.25, 0.3) is 0 Å². The van der Waals surface area contributed by atoms with Crippen LogP contribution in [-0.4, -0.2) is 47.7 Å². The van der Waals surface area contributed by atoms with Crippen molar-refractivity contribution in [1.29, 1.82) is 0 Å². The molecule has 1 atom stereocenters. The monoisotopic (exact) mass is 537 g/mol. The van der Waals surface area contributed by atoms with Gasteiger partial charge in [0.15, 0.2) is 0 Å². The Labute approximate surface area is 227 Å². The average molecular weight is 538 g/mol. The number of aromatic nitrogens is 1. The molecule has 2 heterocycles. The van der Waals surface area contributed by atoms with E-state index < -0.39 is 0 Å². The van der Waals surface area contributed by atoms with Gasteiger partial charge < -0.3 is 14.6 Å². The molecule has 5 nitrogen and oxygen atoms in total. The quantitative estimate of drug-likeness (QED) is 0.313. The van der Waals surface area contributed by atoms with Crippen molar-refractivity contribution < 1.29 is 18.3 Å². The second-order valence-corrected chi connectivity index (χ2v) is 9.28. The number of fused-ring (bicyclic) bond motifs is 1. The lowest BCUT2D eigenvalue weighted by molar-refractivity contribution is -0.117. The fraction of sp³-hybridized carbons (Fsp3) is 0.233. The number of hydrogen-bond acceptors (Lipinski definition) is 3. The van der Waals surface area contributed by atoms with Crippen molar-refractivity contribution in [1.82, 2.24) is 14.8 Å². The Bertz CT molecular complexity index is 1420. The van der Waals surface area contributed by atoms with Gasteiger partial charge in [0.1, 0.15) is 11.6 Å². The van der Waals surface area contributed by atoms with Crippen LogP contribution in [0.3, 0.4) is 0 Å². The Hall–Kier alpha value is -3.52. The van der Waals surface area contributed by atoms with E-state index >= 15 is 0 Å². The smallest absolute Gasteiger partial charge is 0.244 e. The lowest BCUT2D eigenvalue weighted by atomic mass is 10.0. The molecule has 4 aromatic rings. The van der Waals surface area contributed by atoms with E-state index in [9.17, 15) is 13.6 Å². The van der Waals surface area contributed by atoms with Crippen LogP contribution in [0.1, 0.15) is 11.1 Å². The summed E-state index contributed by atoms with van der Waals surface area (Å²) in [6.07, 6.45) is 3.10. The van der Waals surface area contributed by atoms with Crippen LogP contribution in [-0.2, 0) is 23.1 Å². The third kappa shape index (κ3) is 6.30. The number of ether oxygens (including phenoxy) is 1. The summed E-state index contributed by atoms with van der Waals surface area (Å²) in [5, 5.41) is 3.68. The second-order valence-electron chi connectivity index (χ2n) is 9.28. The number of hydrogen-bond donors (Lipinski definition) is 1. The minimum atomic E-state index is -0.323. The number of aryl methyl sites for hydroxylation is 1. The first-order valence-corrected chi connectivity index (χ1v) is 12.4. The maximum absolute atomic E-state index is 14.1. The second kappa shape index (κ2) is 12.3. The summed E-state index contributed by atoms with van der Waals surface area (Å²) in [5.41, 5.74) is 4.61. The van der Waals surface area contributed by atoms with Crippen molar-refractivity contribution in [2.45, 2.75) is 12.6 Å². The molecule has 5 rings (SSSR count). The van der Waals surface area contributed by atoms with Gasteiger partial charge in [-0.05, 0) is 47.5 Å². The Morgan fingerprint density at radius 3 is 2.55 bits per heavy atom. The van der Waals surface area contributed by atoms with Gasteiger partial charge in [0, 0.05) is 55.8 Å². The standard InChI is InChI=1S/C30H29F2N3O2.ClH/c1-34-28-13-11-24(32)17-27(28)26(30(34)22-5-3-2-4-6-22)12-14-29(36)33-18-25-20-35(15-16-37-25)19-21-7-9-23(31)10-8-21;/h2-14,17,25H,15-16,18-20H2,1H3,(H,33,36);1H. The van der Waals surface area contributed by atoms with Crippen LogP contribution in [0.15, 0.2) is 78.9 Å². The molecule has 3 aromatic carbocycles. The van der Waals surface area contributed by atoms with Crippen molar-refractivity contribution in [3.8, 4) is 11.3 Å². The van der Waals surface area contributed by atoms with E-state index in [0.717, 1.165) is 39.8 Å². The summed E-state index contributed by atoms with van der Waals surface area (Å²) in [6.45, 7) is 3.09. The molecule has 0 spiro atoms. The van der Waals surface area contributed by atoms with Crippen LogP contribution in [0.5, 0.6) is 0 Å². The zero-order valence-corrected chi connectivity index (χ0v) is 21.9. The van der Waals surface area contributed by atoms with Gasteiger partial charge in [0.2, 0.25) is 5.91 Å². The predicted octanol–water partition coefficient (Wildman–Crippen LogP) is 5.58. The van der Waals surface area contributed by atoms with E-state index in [4.69, 9.17) is 4.74 Å². The van der Waals surface area contributed by atoms with Gasteiger partial charge in [-0.1, -0.05) is 42.5 Å². The molecule has 8 heteroatoms. The summed E-state index contributed by atoms with van der Waals surface area (Å²) in [5.74, 6) is -0.813. The van der Waals surface area contributed by atoms with E-state index in [1.165, 1.54) is 30.3 Å². The summed E-state index contributed by atoms with van der Waals surface area (Å²) < 4.78 is 35.2. The number of nitrogens with zero attached hydrogens (tertiary/aromatic N) is 2. The molecule has 1 amide bonds. The fourth-order valence-electron chi connectivity index (χ4n) is 4.89. The summed E-state index contributed by atoms with van der Waals surface area (Å²) in [4.78, 5) is 15.0. The maximum Gasteiger partial charge on any atom is 0.244 e. The highest BCUT2D eigenvalue weighted by atomic mass is 35.5. The Kier molecular flexibility index (Phi) is 8.94. The molecule has 1 unspecified atom stereocenters. The number of morpholine rings is 1. The number of rotatable bonds is 7. The van der Waals surface area contributed by atoms with Gasteiger partial charge in [0.05, 0.1) is 18.4 Å². The minimum absolute atomic E-state index is 0. The average Bonchev–Trinajstić information content (AvgIpc) is 3.18. The van der Waals surface area contributed by atoms with E-state index in [1.807, 2.05) is 41.9 Å². The third-order valence-corrected chi connectivity index (χ3v) is 6.70. The van der Waals surface area contributed by atoms with Crippen LogP contribution in [0, 0.1) is 11.6 Å². The van der Waals surface area contributed by atoms with Gasteiger partial charge in [-0.2, -0.15) is 0 Å². The molecule has 1 aliphatic rings. The van der Waals surface area contributed by atoms with Crippen LogP contribution >= 0.6 is 12.4 Å². The molecule has 198 valence electrons. The minimum Gasteiger partial charge on any atom is -0.374 e. The largest absolute Gasteiger partial charge is 0.374 e. The molecular weight excluding hydrogens is 508 g/mol. The lowest BCUT2D eigenvalue weighted by Gasteiger charge is -2.33. The van der Waals surface area contributed by atoms with Gasteiger partial charge in [-0.15, -0.1) is 12.4 Å². The van der Waals surface area contributed by atoms with Crippen LogP contribution in [0.2, 0.25) is 0 Å². The molecule has 1 aliphatic heterocycles. The molecule has 0 radical (unpaired) electrons. The summed E-state index contributed by atoms with van der Waals surface area (Å²) in [6, 6.07) is 21.1. The molecular formula is C30H30ClF2N3O2. The summed E-state index contributed by atoms with van der Waals surface area (Å²) in [7, 11) is 1.94. The molecule has 0 bridgehead atoms. The Morgan fingerprint density at radius 1 is 1.05 bits per heavy atom. The van der Waals surface area contributed by atoms with Gasteiger partial charge >= 0.3 is 0 Å². The van der Waals surface area contributed by atoms with Crippen LogP contribution in [0.4, 0.5) is 8.78 Å². The van der Waals surface area contributed by atoms with Crippen molar-refractivity contribution in [3.05, 3.63) is 102 Å². The van der Waals surface area contributed by atoms with E-state index in [0.29, 0.717) is 26.2 Å². The number of halogens is 3. The van der Waals surface area contributed by atoms with E-state index in [2.05, 4.69) is 10.2 Å². The van der Waals surface area contributed by atoms with Gasteiger partial charge in [-0.3, -0.25) is 9.69 Å². The molecule has 1 N–H and O–H groups in total. The van der Waals surface area contributed by atoms with Crippen molar-refractivity contribution in [3.63, 3.8) is 0 Å². The first-order valence-electron chi connectivity index (χ1n) is 12.4. The Balaban J connectivity index is 0.00000336. The molecule has 1 saturated heterocycles. The first-order chi connectivity index (χ1) is 18.0. The van der Waals surface area contributed by atoms with Gasteiger partial charge in [-0.25, -0.2) is 8.78 Å². The highest BCUT2D eigenvalue weighted by Gasteiger charge is 2.21. The SMILES string of the molecule is Cl.Cn1c(-c2ccccc2)c(C=CC(=O)NCC2CN(Cc3ccc(F)cc3)CCO2)c2cc(F)ccc21. The number of amides is 1. The normalized spacial score (nSPS) is 16.0. The Morgan fingerprint density at radius 2 is 1.79 bits per heavy atom. The highest BCUT2D eigenvalue weighted by molar-refractivity contribution is 6.01. The molecule has 0 saturated carbocycles. The van der Waals surface area contributed by atoms with Crippen molar-refractivity contribution in [2.75, 3.05) is 26.2 Å². The zero-order valence-electron chi connectivity index (χ0n) is 21.1. The van der Waals surface area contributed by atoms with Crippen LogP contribution in [0.25, 0.3) is 28.2 Å². The first kappa shape index (κ1) is 27.5. The number of benzene rings is 3. The number of carbonyl (C=O) groups is 1. The van der Waals surface area contributed by atoms with Crippen molar-refractivity contribution >= 4 is 35.3 Å². The molecule has 1 fully saturated rings. The summed E-state index contributed by atoms with van der Waals surface area (Å²) >= 11 is 0. The molecule has 1 aromatic heterocycles. The van der Waals surface area contributed by atoms with E-state index in [-0.39, 0.29) is 36.1 Å². The lowest BCUT2D eigenvalue weighted by Crippen LogP contribution is -2.46. The van der Waals surface area contributed by atoms with Crippen LogP contribution < -0.4 is 5.32 Å². The number of carbonyl (C=O) groups excluding carboxylic acids is 1. The molecule has 0 aliphatic carbocycles. The maximum atomic E-state index is 14.1.